The van der Waals surface area contributed by atoms with Gasteiger partial charge in [0.05, 0.1) is 24.2 Å². The Kier molecular flexibility index (Phi) is 4.36. The Morgan fingerprint density at radius 3 is 3.06 bits per heavy atom. The molecule has 1 aromatic carbocycles. The van der Waals surface area contributed by atoms with E-state index in [1.165, 1.54) is 0 Å². The van der Waals surface area contributed by atoms with Gasteiger partial charge in [-0.2, -0.15) is 0 Å². The predicted molar refractivity (Wildman–Crippen MR) is 74.9 cm³/mol. The van der Waals surface area contributed by atoms with Gasteiger partial charge in [-0.1, -0.05) is 0 Å². The standard InChI is InChI=1S/C11H13IN2O4/c12-8-1-2-10(11(5-8)14(16)17)13-3-4-18-9(6-13)7-15/h1-2,5,9,15H,3-4,6-7H2. The highest BCUT2D eigenvalue weighted by Gasteiger charge is 2.25. The van der Waals surface area contributed by atoms with Crippen LogP contribution < -0.4 is 4.90 Å². The number of aliphatic hydroxyl groups excluding tert-OH is 1. The van der Waals surface area contributed by atoms with Crippen LogP contribution in [0.2, 0.25) is 0 Å². The number of halogens is 1. The van der Waals surface area contributed by atoms with Crippen molar-refractivity contribution < 1.29 is 14.8 Å². The molecule has 1 atom stereocenters. The Bertz CT molecular complexity index is 455. The molecular weight excluding hydrogens is 351 g/mol. The topological polar surface area (TPSA) is 75.8 Å². The number of morpholine rings is 1. The molecule has 18 heavy (non-hydrogen) atoms. The lowest BCUT2D eigenvalue weighted by Gasteiger charge is -2.33. The van der Waals surface area contributed by atoms with Crippen molar-refractivity contribution >= 4 is 34.0 Å². The molecule has 1 unspecified atom stereocenters. The maximum Gasteiger partial charge on any atom is 0.293 e. The average Bonchev–Trinajstić information content (AvgIpc) is 2.38. The van der Waals surface area contributed by atoms with E-state index in [9.17, 15) is 10.1 Å². The van der Waals surface area contributed by atoms with Crippen molar-refractivity contribution in [1.82, 2.24) is 0 Å². The Labute approximate surface area is 118 Å². The summed E-state index contributed by atoms with van der Waals surface area (Å²) in [7, 11) is 0. The van der Waals surface area contributed by atoms with E-state index in [-0.39, 0.29) is 23.3 Å². The molecule has 1 fully saturated rings. The molecule has 2 rings (SSSR count). The fourth-order valence-corrected chi connectivity index (χ4v) is 2.43. The van der Waals surface area contributed by atoms with Crippen LogP contribution in [0.25, 0.3) is 0 Å². The van der Waals surface area contributed by atoms with Crippen molar-refractivity contribution in [1.29, 1.82) is 0 Å². The van der Waals surface area contributed by atoms with E-state index in [1.807, 2.05) is 11.0 Å². The number of hydrogen-bond donors (Lipinski definition) is 1. The van der Waals surface area contributed by atoms with E-state index < -0.39 is 0 Å². The Morgan fingerprint density at radius 1 is 1.61 bits per heavy atom. The van der Waals surface area contributed by atoms with E-state index in [0.29, 0.717) is 25.4 Å². The third-order valence-corrected chi connectivity index (χ3v) is 3.49. The van der Waals surface area contributed by atoms with E-state index in [4.69, 9.17) is 9.84 Å². The van der Waals surface area contributed by atoms with Gasteiger partial charge in [0.15, 0.2) is 0 Å². The van der Waals surface area contributed by atoms with Crippen LogP contribution in [0.3, 0.4) is 0 Å². The van der Waals surface area contributed by atoms with Crippen molar-refractivity contribution in [3.05, 3.63) is 31.9 Å². The minimum Gasteiger partial charge on any atom is -0.394 e. The number of ether oxygens (including phenoxy) is 1. The molecule has 0 spiro atoms. The number of hydrogen-bond acceptors (Lipinski definition) is 5. The van der Waals surface area contributed by atoms with Crippen molar-refractivity contribution in [3.63, 3.8) is 0 Å². The van der Waals surface area contributed by atoms with Gasteiger partial charge in [-0.05, 0) is 34.7 Å². The first kappa shape index (κ1) is 13.5. The molecule has 6 nitrogen and oxygen atoms in total. The Hall–Kier alpha value is -0.930. The third-order valence-electron chi connectivity index (χ3n) is 2.82. The number of anilines is 1. The highest BCUT2D eigenvalue weighted by molar-refractivity contribution is 14.1. The second-order valence-electron chi connectivity index (χ2n) is 4.01. The van der Waals surface area contributed by atoms with E-state index in [2.05, 4.69) is 22.6 Å². The van der Waals surface area contributed by atoms with Gasteiger partial charge in [0, 0.05) is 22.7 Å². The van der Waals surface area contributed by atoms with Gasteiger partial charge in [-0.25, -0.2) is 0 Å². The molecule has 0 aliphatic carbocycles. The third kappa shape index (κ3) is 2.90. The molecule has 1 saturated heterocycles. The van der Waals surface area contributed by atoms with Crippen LogP contribution in [0, 0.1) is 13.7 Å². The van der Waals surface area contributed by atoms with Gasteiger partial charge in [-0.3, -0.25) is 10.1 Å². The van der Waals surface area contributed by atoms with Crippen LogP contribution in [0.15, 0.2) is 18.2 Å². The van der Waals surface area contributed by atoms with Crippen LogP contribution in [-0.4, -0.2) is 42.4 Å². The van der Waals surface area contributed by atoms with Crippen molar-refractivity contribution in [2.45, 2.75) is 6.10 Å². The summed E-state index contributed by atoms with van der Waals surface area (Å²) in [4.78, 5) is 12.6. The molecule has 1 aliphatic heterocycles. The number of benzene rings is 1. The van der Waals surface area contributed by atoms with Gasteiger partial charge < -0.3 is 14.7 Å². The molecule has 98 valence electrons. The molecule has 0 amide bonds. The second kappa shape index (κ2) is 5.81. The number of aliphatic hydroxyl groups is 1. The quantitative estimate of drug-likeness (QED) is 0.499. The summed E-state index contributed by atoms with van der Waals surface area (Å²) in [6.45, 7) is 1.46. The zero-order chi connectivity index (χ0) is 13.1. The summed E-state index contributed by atoms with van der Waals surface area (Å²) in [5.41, 5.74) is 0.683. The van der Waals surface area contributed by atoms with Crippen molar-refractivity contribution in [2.75, 3.05) is 31.2 Å². The summed E-state index contributed by atoms with van der Waals surface area (Å²) < 4.78 is 6.17. The smallest absolute Gasteiger partial charge is 0.293 e. The largest absolute Gasteiger partial charge is 0.394 e. The second-order valence-corrected chi connectivity index (χ2v) is 5.26. The van der Waals surface area contributed by atoms with Gasteiger partial charge in [0.1, 0.15) is 5.69 Å². The van der Waals surface area contributed by atoms with Crippen molar-refractivity contribution in [2.24, 2.45) is 0 Å². The van der Waals surface area contributed by atoms with E-state index >= 15 is 0 Å². The number of nitrogens with zero attached hydrogens (tertiary/aromatic N) is 2. The number of rotatable bonds is 3. The first-order valence-corrected chi connectivity index (χ1v) is 6.61. The summed E-state index contributed by atoms with van der Waals surface area (Å²) in [5, 5.41) is 20.2. The molecular formula is C11H13IN2O4. The van der Waals surface area contributed by atoms with Crippen LogP contribution in [0.1, 0.15) is 0 Å². The average molecular weight is 364 g/mol. The number of nitro groups is 1. The summed E-state index contributed by atoms with van der Waals surface area (Å²) in [6, 6.07) is 5.14. The molecule has 1 aromatic rings. The molecule has 1 aliphatic rings. The van der Waals surface area contributed by atoms with Gasteiger partial charge in [-0.15, -0.1) is 0 Å². The molecule has 7 heteroatoms. The molecule has 0 radical (unpaired) electrons. The lowest BCUT2D eigenvalue weighted by molar-refractivity contribution is -0.384. The highest BCUT2D eigenvalue weighted by Crippen LogP contribution is 2.30. The lowest BCUT2D eigenvalue weighted by Crippen LogP contribution is -2.44. The fraction of sp³-hybridized carbons (Fsp3) is 0.455. The zero-order valence-electron chi connectivity index (χ0n) is 9.58. The normalized spacial score (nSPS) is 19.9. The Morgan fingerprint density at radius 2 is 2.39 bits per heavy atom. The first-order valence-electron chi connectivity index (χ1n) is 5.53. The maximum absolute atomic E-state index is 11.1. The first-order chi connectivity index (χ1) is 8.61. The summed E-state index contributed by atoms with van der Waals surface area (Å²) in [6.07, 6.45) is -0.280. The summed E-state index contributed by atoms with van der Waals surface area (Å²) >= 11 is 2.05. The van der Waals surface area contributed by atoms with Crippen molar-refractivity contribution in [3.8, 4) is 0 Å². The molecule has 0 saturated carbocycles. The van der Waals surface area contributed by atoms with Crippen LogP contribution in [-0.2, 0) is 4.74 Å². The van der Waals surface area contributed by atoms with Crippen LogP contribution in [0.5, 0.6) is 0 Å². The van der Waals surface area contributed by atoms with Gasteiger partial charge in [0.25, 0.3) is 5.69 Å². The van der Waals surface area contributed by atoms with E-state index in [0.717, 1.165) is 3.57 Å². The van der Waals surface area contributed by atoms with Crippen LogP contribution in [0.4, 0.5) is 11.4 Å². The predicted octanol–water partition coefficient (Wildman–Crippen LogP) is 1.40. The van der Waals surface area contributed by atoms with Crippen LogP contribution >= 0.6 is 22.6 Å². The SMILES string of the molecule is O=[N+]([O-])c1cc(I)ccc1N1CCOC(CO)C1. The van der Waals surface area contributed by atoms with E-state index in [1.54, 1.807) is 12.1 Å². The maximum atomic E-state index is 11.1. The minimum absolute atomic E-state index is 0.0747. The highest BCUT2D eigenvalue weighted by atomic mass is 127. The summed E-state index contributed by atoms with van der Waals surface area (Å²) in [5.74, 6) is 0. The minimum atomic E-state index is -0.374. The molecule has 0 bridgehead atoms. The fourth-order valence-electron chi connectivity index (χ4n) is 1.96. The monoisotopic (exact) mass is 364 g/mol. The molecule has 1 heterocycles. The van der Waals surface area contributed by atoms with Gasteiger partial charge in [0.2, 0.25) is 0 Å². The molecule has 0 aromatic heterocycles. The van der Waals surface area contributed by atoms with Gasteiger partial charge >= 0.3 is 0 Å². The number of nitro benzene ring substituents is 1. The Balaban J connectivity index is 2.29. The molecule has 1 N–H and O–H groups in total. The zero-order valence-corrected chi connectivity index (χ0v) is 11.7. The lowest BCUT2D eigenvalue weighted by atomic mass is 10.2.